The van der Waals surface area contributed by atoms with Crippen molar-refractivity contribution in [3.05, 3.63) is 35.7 Å². The van der Waals surface area contributed by atoms with E-state index in [2.05, 4.69) is 59.1 Å². The molecule has 0 radical (unpaired) electrons. The van der Waals surface area contributed by atoms with Crippen molar-refractivity contribution in [3.63, 3.8) is 0 Å². The lowest BCUT2D eigenvalue weighted by molar-refractivity contribution is -0.128. The first kappa shape index (κ1) is 72.5. The number of carbonyl (C=O) groups is 4. The van der Waals surface area contributed by atoms with E-state index >= 15 is 0 Å². The molecule has 4 amide bonds. The average molecular weight is 1240 g/mol. The normalized spacial score (nSPS) is 12.3. The molecule has 3 rings (SSSR count). The number of aromatic nitrogens is 9. The molecule has 0 saturated heterocycles. The standard InChI is InChI=1S/C49H87N13O16S4/c1-2-13-79-17-6-45(75)53-49(36-76-24-39-21-60(57-54-39)10-3-14-80-18-7-42(72)50-46(27-63,28-64)29-65,37-77-25-40-22-61(58-55-40)11-4-15-81-19-8-43(73)51-47(30-66,31-67)32-68)38-78-26-41-23-62(59-56-41)12-5-16-82-20-9-44(74)52-48(33-69,34-70)35-71/h21-23,63-71H,2-20,24-38H2,1H3,(H,50,72)(H,51,73)(H,52,74)(H,53,75). The van der Waals surface area contributed by atoms with Crippen LogP contribution in [0.4, 0.5) is 0 Å². The minimum atomic E-state index is -1.47. The summed E-state index contributed by atoms with van der Waals surface area (Å²) in [5.74, 6) is 3.73. The molecular weight excluding hydrogens is 1150 g/mol. The van der Waals surface area contributed by atoms with Gasteiger partial charge in [-0.3, -0.25) is 33.2 Å². The molecule has 0 aliphatic heterocycles. The van der Waals surface area contributed by atoms with Crippen LogP contribution in [0.15, 0.2) is 18.6 Å². The number of amides is 4. The van der Waals surface area contributed by atoms with E-state index in [1.807, 2.05) is 0 Å². The van der Waals surface area contributed by atoms with Crippen molar-refractivity contribution in [1.29, 1.82) is 0 Å². The second kappa shape index (κ2) is 41.3. The van der Waals surface area contributed by atoms with E-state index in [9.17, 15) is 65.1 Å². The highest BCUT2D eigenvalue weighted by Crippen LogP contribution is 2.17. The van der Waals surface area contributed by atoms with Crippen LogP contribution in [-0.4, -0.2) is 262 Å². The van der Waals surface area contributed by atoms with Gasteiger partial charge in [-0.25, -0.2) is 0 Å². The van der Waals surface area contributed by atoms with Gasteiger partial charge in [0.15, 0.2) is 0 Å². The second-order valence-corrected chi connectivity index (χ2v) is 24.5. The van der Waals surface area contributed by atoms with Gasteiger partial charge >= 0.3 is 0 Å². The summed E-state index contributed by atoms with van der Waals surface area (Å²) in [6.45, 7) is -1.68. The molecular formula is C49H87N13O16S4. The molecule has 3 aromatic rings. The zero-order chi connectivity index (χ0) is 60.0. The molecule has 0 aromatic carbocycles. The van der Waals surface area contributed by atoms with Crippen LogP contribution in [-0.2, 0) is 72.8 Å². The molecule has 0 atom stereocenters. The molecule has 29 nitrogen and oxygen atoms in total. The van der Waals surface area contributed by atoms with Gasteiger partial charge in [-0.1, -0.05) is 22.6 Å². The highest BCUT2D eigenvalue weighted by Gasteiger charge is 2.35. The van der Waals surface area contributed by atoms with Gasteiger partial charge in [0.05, 0.1) is 118 Å². The molecule has 0 spiro atoms. The molecule has 0 aliphatic rings. The van der Waals surface area contributed by atoms with Crippen molar-refractivity contribution in [1.82, 2.24) is 66.2 Å². The summed E-state index contributed by atoms with van der Waals surface area (Å²) in [5.41, 5.74) is -4.00. The number of aliphatic hydroxyl groups excluding tert-OH is 9. The lowest BCUT2D eigenvalue weighted by Gasteiger charge is -2.34. The Morgan fingerprint density at radius 2 is 0.671 bits per heavy atom. The van der Waals surface area contributed by atoms with E-state index in [-0.39, 0.29) is 89.0 Å². The Bertz CT molecular complexity index is 1980. The van der Waals surface area contributed by atoms with Crippen LogP contribution >= 0.6 is 47.0 Å². The zero-order valence-electron chi connectivity index (χ0n) is 46.8. The number of ether oxygens (including phenoxy) is 3. The Kier molecular flexibility index (Phi) is 36.5. The van der Waals surface area contributed by atoms with Crippen molar-refractivity contribution in [3.8, 4) is 0 Å². The van der Waals surface area contributed by atoms with Gasteiger partial charge in [-0.05, 0) is 48.7 Å². The van der Waals surface area contributed by atoms with E-state index in [1.54, 1.807) is 79.7 Å². The number of hydrogen-bond donors (Lipinski definition) is 13. The van der Waals surface area contributed by atoms with Crippen LogP contribution in [0, 0.1) is 0 Å². The highest BCUT2D eigenvalue weighted by atomic mass is 32.2. The van der Waals surface area contributed by atoms with Crippen LogP contribution in [0.2, 0.25) is 0 Å². The monoisotopic (exact) mass is 1240 g/mol. The Morgan fingerprint density at radius 3 is 0.927 bits per heavy atom. The van der Waals surface area contributed by atoms with Crippen LogP contribution in [0.25, 0.3) is 0 Å². The zero-order valence-corrected chi connectivity index (χ0v) is 50.1. The third-order valence-electron chi connectivity index (χ3n) is 12.3. The SMILES string of the molecule is CCCSCCC(=O)NC(COCc1cn(CCCSCCC(=O)NC(CO)(CO)CO)nn1)(COCc1cn(CCCSCCC(=O)NC(CO)(CO)CO)nn1)COCc1cn(CCCSCCC(=O)NC(CO)(CO)CO)nn1. The lowest BCUT2D eigenvalue weighted by atomic mass is 10.0. The van der Waals surface area contributed by atoms with Crippen molar-refractivity contribution >= 4 is 70.7 Å². The molecule has 3 heterocycles. The number of rotatable bonds is 51. The lowest BCUT2D eigenvalue weighted by Crippen LogP contribution is -2.58. The number of hydrogen-bond acceptors (Lipinski definition) is 26. The molecule has 0 saturated carbocycles. The predicted octanol–water partition coefficient (Wildman–Crippen LogP) is -3.16. The fraction of sp³-hybridized carbons (Fsp3) is 0.796. The van der Waals surface area contributed by atoms with E-state index in [0.717, 1.165) is 31.4 Å². The van der Waals surface area contributed by atoms with Crippen LogP contribution in [0.1, 0.15) is 75.4 Å². The first-order chi connectivity index (χ1) is 39.7. The number of nitrogens with zero attached hydrogens (tertiary/aromatic N) is 9. The third-order valence-corrected chi connectivity index (χ3v) is 16.7. The number of nitrogens with one attached hydrogen (secondary N) is 4. The summed E-state index contributed by atoms with van der Waals surface area (Å²) < 4.78 is 23.9. The van der Waals surface area contributed by atoms with Crippen LogP contribution < -0.4 is 21.3 Å². The van der Waals surface area contributed by atoms with Gasteiger partial charge < -0.3 is 81.4 Å². The van der Waals surface area contributed by atoms with Gasteiger partial charge in [-0.15, -0.1) is 15.3 Å². The van der Waals surface area contributed by atoms with Gasteiger partial charge in [0.2, 0.25) is 23.6 Å². The van der Waals surface area contributed by atoms with E-state index in [0.29, 0.717) is 77.0 Å². The summed E-state index contributed by atoms with van der Waals surface area (Å²) in [4.78, 5) is 50.6. The molecule has 0 aliphatic carbocycles. The van der Waals surface area contributed by atoms with E-state index in [1.165, 1.54) is 0 Å². The minimum absolute atomic E-state index is 0.0418. The molecule has 468 valence electrons. The van der Waals surface area contributed by atoms with Gasteiger partial charge in [0.1, 0.15) is 39.2 Å². The maximum Gasteiger partial charge on any atom is 0.221 e. The smallest absolute Gasteiger partial charge is 0.221 e. The fourth-order valence-corrected chi connectivity index (χ4v) is 10.7. The molecule has 0 bridgehead atoms. The summed E-state index contributed by atoms with van der Waals surface area (Å²) in [6, 6.07) is 0. The van der Waals surface area contributed by atoms with Gasteiger partial charge in [-0.2, -0.15) is 47.0 Å². The number of aryl methyl sites for hydroxylation is 3. The van der Waals surface area contributed by atoms with Crippen molar-refractivity contribution < 1.29 is 79.3 Å². The summed E-state index contributed by atoms with van der Waals surface area (Å²) in [5, 5.41) is 122. The van der Waals surface area contributed by atoms with Crippen LogP contribution in [0.3, 0.4) is 0 Å². The Labute approximate surface area is 494 Å². The van der Waals surface area contributed by atoms with Crippen molar-refractivity contribution in [2.75, 3.05) is 125 Å². The maximum atomic E-state index is 13.7. The van der Waals surface area contributed by atoms with E-state index < -0.39 is 81.6 Å². The number of carbonyl (C=O) groups excluding carboxylic acids is 4. The second-order valence-electron chi connectivity index (χ2n) is 19.6. The minimum Gasteiger partial charge on any atom is -0.394 e. The third kappa shape index (κ3) is 27.9. The first-order valence-electron chi connectivity index (χ1n) is 27.1. The summed E-state index contributed by atoms with van der Waals surface area (Å²) in [6.07, 6.45) is 9.07. The quantitative estimate of drug-likeness (QED) is 0.0248. The van der Waals surface area contributed by atoms with Gasteiger partial charge in [0.25, 0.3) is 0 Å². The molecule has 0 unspecified atom stereocenters. The highest BCUT2D eigenvalue weighted by molar-refractivity contribution is 7.99. The average Bonchev–Trinajstić information content (AvgIpc) is 4.33. The van der Waals surface area contributed by atoms with Crippen LogP contribution in [0.5, 0.6) is 0 Å². The summed E-state index contributed by atoms with van der Waals surface area (Å²) >= 11 is 6.32. The molecule has 82 heavy (non-hydrogen) atoms. The Balaban J connectivity index is 1.63. The topological polar surface area (TPSA) is 418 Å². The largest absolute Gasteiger partial charge is 0.394 e. The summed E-state index contributed by atoms with van der Waals surface area (Å²) in [7, 11) is 0. The maximum absolute atomic E-state index is 13.7. The van der Waals surface area contributed by atoms with E-state index in [4.69, 9.17) is 14.2 Å². The fourth-order valence-electron chi connectivity index (χ4n) is 7.26. The first-order valence-corrected chi connectivity index (χ1v) is 31.7. The van der Waals surface area contributed by atoms with Crippen molar-refractivity contribution in [2.24, 2.45) is 0 Å². The number of aliphatic hydroxyl groups is 9. The van der Waals surface area contributed by atoms with Crippen molar-refractivity contribution in [2.45, 2.75) is 120 Å². The van der Waals surface area contributed by atoms with Gasteiger partial charge in [0, 0.05) is 68.3 Å². The number of thioether (sulfide) groups is 4. The Hall–Kier alpha value is -3.78. The Morgan fingerprint density at radius 1 is 0.415 bits per heavy atom. The molecule has 0 fully saturated rings. The molecule has 3 aromatic heterocycles. The predicted molar refractivity (Wildman–Crippen MR) is 308 cm³/mol. The molecule has 33 heteroatoms. The molecule has 13 N–H and O–H groups in total.